The van der Waals surface area contributed by atoms with Crippen LogP contribution in [0.5, 0.6) is 0 Å². The van der Waals surface area contributed by atoms with Crippen molar-refractivity contribution in [3.63, 3.8) is 0 Å². The van der Waals surface area contributed by atoms with Gasteiger partial charge in [0, 0.05) is 31.9 Å². The SMILES string of the molecule is Cc1cc(N2CCCC2)ncc1C1CCCCN1Cc1ccccc1. The van der Waals surface area contributed by atoms with Crippen molar-refractivity contribution in [3.05, 3.63) is 59.3 Å². The van der Waals surface area contributed by atoms with E-state index in [1.807, 2.05) is 0 Å². The molecule has 1 atom stereocenters. The van der Waals surface area contributed by atoms with Gasteiger partial charge >= 0.3 is 0 Å². The maximum absolute atomic E-state index is 4.84. The first-order chi connectivity index (χ1) is 12.3. The number of nitrogens with zero attached hydrogens (tertiary/aromatic N) is 3. The Morgan fingerprint density at radius 2 is 1.76 bits per heavy atom. The van der Waals surface area contributed by atoms with E-state index >= 15 is 0 Å². The number of piperidine rings is 1. The van der Waals surface area contributed by atoms with Gasteiger partial charge in [0.15, 0.2) is 0 Å². The van der Waals surface area contributed by atoms with Crippen LogP contribution in [0.25, 0.3) is 0 Å². The highest BCUT2D eigenvalue weighted by Crippen LogP contribution is 2.34. The molecule has 0 bridgehead atoms. The van der Waals surface area contributed by atoms with Crippen LogP contribution in [0.3, 0.4) is 0 Å². The summed E-state index contributed by atoms with van der Waals surface area (Å²) < 4.78 is 0. The molecule has 0 spiro atoms. The van der Waals surface area contributed by atoms with Gasteiger partial charge in [0.1, 0.15) is 5.82 Å². The molecular weight excluding hydrogens is 306 g/mol. The van der Waals surface area contributed by atoms with Crippen molar-refractivity contribution in [2.45, 2.75) is 51.6 Å². The molecule has 3 heteroatoms. The molecule has 4 rings (SSSR count). The quantitative estimate of drug-likeness (QED) is 0.806. The van der Waals surface area contributed by atoms with Gasteiger partial charge in [0.2, 0.25) is 0 Å². The average molecular weight is 335 g/mol. The van der Waals surface area contributed by atoms with Crippen molar-refractivity contribution in [2.24, 2.45) is 0 Å². The second-order valence-corrected chi connectivity index (χ2v) is 7.56. The predicted molar refractivity (Wildman–Crippen MR) is 104 cm³/mol. The number of hydrogen-bond donors (Lipinski definition) is 0. The highest BCUT2D eigenvalue weighted by Gasteiger charge is 2.26. The summed E-state index contributed by atoms with van der Waals surface area (Å²) in [7, 11) is 0. The van der Waals surface area contributed by atoms with Crippen LogP contribution in [0.15, 0.2) is 42.6 Å². The number of pyridine rings is 1. The number of likely N-dealkylation sites (tertiary alicyclic amines) is 1. The van der Waals surface area contributed by atoms with E-state index in [-0.39, 0.29) is 0 Å². The minimum atomic E-state index is 0.508. The van der Waals surface area contributed by atoms with E-state index < -0.39 is 0 Å². The van der Waals surface area contributed by atoms with Gasteiger partial charge in [0.05, 0.1) is 0 Å². The maximum Gasteiger partial charge on any atom is 0.128 e. The molecule has 132 valence electrons. The summed E-state index contributed by atoms with van der Waals surface area (Å²) in [5, 5.41) is 0. The Labute approximate surface area is 151 Å². The Morgan fingerprint density at radius 1 is 1.00 bits per heavy atom. The summed E-state index contributed by atoms with van der Waals surface area (Å²) in [6.45, 7) is 6.82. The van der Waals surface area contributed by atoms with Crippen LogP contribution in [-0.2, 0) is 6.54 Å². The third kappa shape index (κ3) is 3.72. The second kappa shape index (κ2) is 7.57. The first-order valence-corrected chi connectivity index (χ1v) is 9.81. The standard InChI is InChI=1S/C22H29N3/c1-18-15-22(24-12-7-8-13-24)23-16-20(18)21-11-5-6-14-25(21)17-19-9-3-2-4-10-19/h2-4,9-10,15-16,21H,5-8,11-14,17H2,1H3. The number of aryl methyl sites for hydroxylation is 1. The molecule has 25 heavy (non-hydrogen) atoms. The molecule has 3 heterocycles. The molecule has 2 aliphatic rings. The Kier molecular flexibility index (Phi) is 5.02. The Balaban J connectivity index is 1.55. The molecule has 0 saturated carbocycles. The fraction of sp³-hybridized carbons (Fsp3) is 0.500. The van der Waals surface area contributed by atoms with Crippen molar-refractivity contribution < 1.29 is 0 Å². The lowest BCUT2D eigenvalue weighted by atomic mass is 9.93. The van der Waals surface area contributed by atoms with E-state index in [1.54, 1.807) is 0 Å². The fourth-order valence-electron chi connectivity index (χ4n) is 4.37. The normalized spacial score (nSPS) is 21.6. The van der Waals surface area contributed by atoms with E-state index in [1.165, 1.54) is 61.2 Å². The average Bonchev–Trinajstić information content (AvgIpc) is 3.18. The second-order valence-electron chi connectivity index (χ2n) is 7.56. The third-order valence-corrected chi connectivity index (χ3v) is 5.77. The third-order valence-electron chi connectivity index (χ3n) is 5.77. The van der Waals surface area contributed by atoms with Crippen LogP contribution in [0.4, 0.5) is 5.82 Å². The molecule has 3 nitrogen and oxygen atoms in total. The predicted octanol–water partition coefficient (Wildman–Crippen LogP) is 4.72. The molecule has 0 N–H and O–H groups in total. The number of rotatable bonds is 4. The van der Waals surface area contributed by atoms with Crippen molar-refractivity contribution in [1.82, 2.24) is 9.88 Å². The highest BCUT2D eigenvalue weighted by atomic mass is 15.2. The minimum Gasteiger partial charge on any atom is -0.357 e. The zero-order chi connectivity index (χ0) is 17.1. The number of anilines is 1. The fourth-order valence-corrected chi connectivity index (χ4v) is 4.37. The van der Waals surface area contributed by atoms with Crippen molar-refractivity contribution in [1.29, 1.82) is 0 Å². The number of aromatic nitrogens is 1. The van der Waals surface area contributed by atoms with Crippen LogP contribution < -0.4 is 4.90 Å². The lowest BCUT2D eigenvalue weighted by Gasteiger charge is -2.37. The van der Waals surface area contributed by atoms with E-state index in [2.05, 4.69) is 59.3 Å². The Morgan fingerprint density at radius 3 is 2.52 bits per heavy atom. The summed E-state index contributed by atoms with van der Waals surface area (Å²) >= 11 is 0. The van der Waals surface area contributed by atoms with E-state index in [0.717, 1.165) is 19.6 Å². The van der Waals surface area contributed by atoms with Gasteiger partial charge in [-0.1, -0.05) is 36.8 Å². The zero-order valence-electron chi connectivity index (χ0n) is 15.3. The summed E-state index contributed by atoms with van der Waals surface area (Å²) in [5.74, 6) is 1.17. The molecule has 2 aromatic rings. The highest BCUT2D eigenvalue weighted by molar-refractivity contribution is 5.45. The molecule has 1 aromatic heterocycles. The summed E-state index contributed by atoms with van der Waals surface area (Å²) in [4.78, 5) is 9.92. The van der Waals surface area contributed by atoms with E-state index in [9.17, 15) is 0 Å². The first kappa shape index (κ1) is 16.6. The monoisotopic (exact) mass is 335 g/mol. The molecule has 1 aromatic carbocycles. The minimum absolute atomic E-state index is 0.508. The number of benzene rings is 1. The molecule has 0 radical (unpaired) electrons. The smallest absolute Gasteiger partial charge is 0.128 e. The maximum atomic E-state index is 4.84. The lowest BCUT2D eigenvalue weighted by Crippen LogP contribution is -2.33. The molecular formula is C22H29N3. The molecule has 2 saturated heterocycles. The van der Waals surface area contributed by atoms with Gasteiger partial charge in [-0.05, 0) is 61.9 Å². The lowest BCUT2D eigenvalue weighted by molar-refractivity contribution is 0.139. The first-order valence-electron chi connectivity index (χ1n) is 9.81. The van der Waals surface area contributed by atoms with Gasteiger partial charge in [-0.2, -0.15) is 0 Å². The zero-order valence-corrected chi connectivity index (χ0v) is 15.3. The van der Waals surface area contributed by atoms with Crippen LogP contribution in [0, 0.1) is 6.92 Å². The largest absolute Gasteiger partial charge is 0.357 e. The summed E-state index contributed by atoms with van der Waals surface area (Å²) in [5.41, 5.74) is 4.24. The van der Waals surface area contributed by atoms with Crippen molar-refractivity contribution in [3.8, 4) is 0 Å². The van der Waals surface area contributed by atoms with E-state index in [0.29, 0.717) is 6.04 Å². The van der Waals surface area contributed by atoms with Gasteiger partial charge in [-0.15, -0.1) is 0 Å². The number of hydrogen-bond acceptors (Lipinski definition) is 3. The molecule has 0 amide bonds. The molecule has 2 fully saturated rings. The summed E-state index contributed by atoms with van der Waals surface area (Å²) in [6, 6.07) is 13.7. The van der Waals surface area contributed by atoms with Gasteiger partial charge in [0.25, 0.3) is 0 Å². The molecule has 0 aliphatic carbocycles. The van der Waals surface area contributed by atoms with Gasteiger partial charge < -0.3 is 4.90 Å². The van der Waals surface area contributed by atoms with Gasteiger partial charge in [-0.3, -0.25) is 4.90 Å². The summed E-state index contributed by atoms with van der Waals surface area (Å²) in [6.07, 6.45) is 8.65. The van der Waals surface area contributed by atoms with Gasteiger partial charge in [-0.25, -0.2) is 4.98 Å². The topological polar surface area (TPSA) is 19.4 Å². The van der Waals surface area contributed by atoms with Crippen molar-refractivity contribution in [2.75, 3.05) is 24.5 Å². The Hall–Kier alpha value is -1.87. The van der Waals surface area contributed by atoms with Crippen LogP contribution in [0.1, 0.15) is 54.8 Å². The van der Waals surface area contributed by atoms with Crippen LogP contribution in [0.2, 0.25) is 0 Å². The Bertz CT molecular complexity index is 692. The van der Waals surface area contributed by atoms with Crippen LogP contribution in [-0.4, -0.2) is 29.5 Å². The van der Waals surface area contributed by atoms with Crippen molar-refractivity contribution >= 4 is 5.82 Å². The van der Waals surface area contributed by atoms with E-state index in [4.69, 9.17) is 4.98 Å². The molecule has 2 aliphatic heterocycles. The van der Waals surface area contributed by atoms with Crippen LogP contribution >= 0.6 is 0 Å². The molecule has 1 unspecified atom stereocenters.